The van der Waals surface area contributed by atoms with E-state index in [1.165, 1.54) is 19.2 Å². The van der Waals surface area contributed by atoms with Crippen LogP contribution < -0.4 is 15.2 Å². The smallest absolute Gasteiger partial charge is 0.242 e. The molecular weight excluding hydrogens is 280 g/mol. The molecule has 20 heavy (non-hydrogen) atoms. The van der Waals surface area contributed by atoms with Gasteiger partial charge in [0.15, 0.2) is 0 Å². The molecule has 0 aromatic heterocycles. The van der Waals surface area contributed by atoms with Gasteiger partial charge < -0.3 is 15.6 Å². The molecule has 1 aromatic carbocycles. The summed E-state index contributed by atoms with van der Waals surface area (Å²) in [6.07, 6.45) is -0.0918. The van der Waals surface area contributed by atoms with Gasteiger partial charge in [0.1, 0.15) is 10.6 Å². The molecule has 1 fully saturated rings. The van der Waals surface area contributed by atoms with E-state index in [9.17, 15) is 13.5 Å². The van der Waals surface area contributed by atoms with Gasteiger partial charge in [-0.1, -0.05) is 13.8 Å². The van der Waals surface area contributed by atoms with Crippen molar-refractivity contribution in [3.8, 4) is 5.75 Å². The van der Waals surface area contributed by atoms with Crippen LogP contribution in [0.4, 0.5) is 5.69 Å². The van der Waals surface area contributed by atoms with Gasteiger partial charge in [-0.15, -0.1) is 0 Å². The van der Waals surface area contributed by atoms with E-state index in [1.54, 1.807) is 6.07 Å². The Morgan fingerprint density at radius 1 is 1.45 bits per heavy atom. The zero-order chi connectivity index (χ0) is 15.1. The van der Waals surface area contributed by atoms with Crippen molar-refractivity contribution in [3.63, 3.8) is 0 Å². The number of hydrogen-bond acceptors (Lipinski definition) is 5. The zero-order valence-electron chi connectivity index (χ0n) is 11.8. The molecule has 7 heteroatoms. The highest BCUT2D eigenvalue weighted by molar-refractivity contribution is 7.89. The van der Waals surface area contributed by atoms with Crippen LogP contribution in [-0.4, -0.2) is 32.8 Å². The van der Waals surface area contributed by atoms with Crippen molar-refractivity contribution in [2.24, 2.45) is 5.41 Å². The maximum absolute atomic E-state index is 12.3. The largest absolute Gasteiger partial charge is 0.497 e. The normalized spacial score (nSPS) is 25.0. The number of aliphatic hydroxyl groups excluding tert-OH is 1. The predicted octanol–water partition coefficient (Wildman–Crippen LogP) is 0.715. The van der Waals surface area contributed by atoms with Gasteiger partial charge in [-0.05, 0) is 18.6 Å². The van der Waals surface area contributed by atoms with E-state index >= 15 is 0 Å². The molecule has 0 amide bonds. The first-order valence-electron chi connectivity index (χ1n) is 6.32. The Hall–Kier alpha value is -1.31. The molecular formula is C13H20N2O4S. The minimum absolute atomic E-state index is 0.0236. The van der Waals surface area contributed by atoms with Gasteiger partial charge in [0.2, 0.25) is 10.0 Å². The summed E-state index contributed by atoms with van der Waals surface area (Å²) in [7, 11) is -2.23. The molecule has 2 rings (SSSR count). The summed E-state index contributed by atoms with van der Waals surface area (Å²) in [6.45, 7) is 3.65. The minimum atomic E-state index is -3.71. The number of nitrogens with one attached hydrogen (secondary N) is 1. The summed E-state index contributed by atoms with van der Waals surface area (Å²) < 4.78 is 32.3. The first-order valence-corrected chi connectivity index (χ1v) is 7.80. The Bertz CT molecular complexity index is 613. The van der Waals surface area contributed by atoms with Crippen LogP contribution in [0, 0.1) is 5.41 Å². The lowest BCUT2D eigenvalue weighted by atomic mass is 9.65. The number of sulfonamides is 1. The fourth-order valence-corrected chi connectivity index (χ4v) is 3.77. The quantitative estimate of drug-likeness (QED) is 0.711. The number of aliphatic hydroxyl groups is 1. The molecule has 112 valence electrons. The van der Waals surface area contributed by atoms with E-state index in [2.05, 4.69) is 4.72 Å². The minimum Gasteiger partial charge on any atom is -0.497 e. The number of nitrogens with two attached hydrogens (primary N) is 1. The van der Waals surface area contributed by atoms with Crippen molar-refractivity contribution in [2.75, 3.05) is 12.8 Å². The van der Waals surface area contributed by atoms with Crippen LogP contribution in [0.1, 0.15) is 20.3 Å². The fourth-order valence-electron chi connectivity index (χ4n) is 2.25. The van der Waals surface area contributed by atoms with Crippen molar-refractivity contribution in [1.82, 2.24) is 4.72 Å². The van der Waals surface area contributed by atoms with Crippen molar-refractivity contribution < 1.29 is 18.3 Å². The average Bonchev–Trinajstić information content (AvgIpc) is 2.37. The van der Waals surface area contributed by atoms with Gasteiger partial charge in [-0.25, -0.2) is 13.1 Å². The molecule has 1 saturated carbocycles. The lowest BCUT2D eigenvalue weighted by molar-refractivity contribution is -0.0645. The first-order chi connectivity index (χ1) is 9.18. The SMILES string of the molecule is COc1ccc(S(=O)(=O)NC2CC(O)C2(C)C)c(N)c1. The van der Waals surface area contributed by atoms with E-state index in [-0.39, 0.29) is 16.6 Å². The summed E-state index contributed by atoms with van der Waals surface area (Å²) >= 11 is 0. The highest BCUT2D eigenvalue weighted by Crippen LogP contribution is 2.41. The molecule has 0 radical (unpaired) electrons. The maximum atomic E-state index is 12.3. The van der Waals surface area contributed by atoms with Crippen LogP contribution >= 0.6 is 0 Å². The lowest BCUT2D eigenvalue weighted by Gasteiger charge is -2.49. The number of nitrogen functional groups attached to an aromatic ring is 1. The average molecular weight is 300 g/mol. The summed E-state index contributed by atoms with van der Waals surface area (Å²) in [6, 6.07) is 4.13. The van der Waals surface area contributed by atoms with E-state index in [1.807, 2.05) is 13.8 Å². The third kappa shape index (κ3) is 2.48. The Labute approximate surface area is 119 Å². The van der Waals surface area contributed by atoms with Crippen LogP contribution in [0.25, 0.3) is 0 Å². The highest BCUT2D eigenvalue weighted by atomic mass is 32.2. The molecule has 0 spiro atoms. The van der Waals surface area contributed by atoms with E-state index < -0.39 is 21.5 Å². The second-order valence-electron chi connectivity index (χ2n) is 5.65. The standard InChI is InChI=1S/C13H20N2O4S/c1-13(2)11(7-12(13)16)15-20(17,18)10-5-4-8(19-3)6-9(10)14/h4-6,11-12,15-16H,7,14H2,1-3H3. The zero-order valence-corrected chi connectivity index (χ0v) is 12.6. The second kappa shape index (κ2) is 4.91. The van der Waals surface area contributed by atoms with Crippen LogP contribution in [-0.2, 0) is 10.0 Å². The van der Waals surface area contributed by atoms with Gasteiger partial charge in [0, 0.05) is 17.5 Å². The number of anilines is 1. The van der Waals surface area contributed by atoms with Gasteiger partial charge in [-0.2, -0.15) is 0 Å². The Balaban J connectivity index is 2.24. The monoisotopic (exact) mass is 300 g/mol. The highest BCUT2D eigenvalue weighted by Gasteiger charge is 2.49. The van der Waals surface area contributed by atoms with Crippen LogP contribution in [0.2, 0.25) is 0 Å². The summed E-state index contributed by atoms with van der Waals surface area (Å²) in [5.41, 5.74) is 5.42. The van der Waals surface area contributed by atoms with Crippen molar-refractivity contribution in [3.05, 3.63) is 18.2 Å². The number of ether oxygens (including phenoxy) is 1. The molecule has 1 aromatic rings. The van der Waals surface area contributed by atoms with Crippen molar-refractivity contribution in [2.45, 2.75) is 37.3 Å². The number of hydrogen-bond donors (Lipinski definition) is 3. The Kier molecular flexibility index (Phi) is 3.70. The molecule has 0 aliphatic heterocycles. The lowest BCUT2D eigenvalue weighted by Crippen LogP contribution is -2.61. The molecule has 2 unspecified atom stereocenters. The van der Waals surface area contributed by atoms with E-state index in [0.717, 1.165) is 0 Å². The molecule has 1 aliphatic carbocycles. The van der Waals surface area contributed by atoms with E-state index in [0.29, 0.717) is 12.2 Å². The summed E-state index contributed by atoms with van der Waals surface area (Å²) in [5, 5.41) is 9.66. The second-order valence-corrected chi connectivity index (χ2v) is 7.33. The van der Waals surface area contributed by atoms with Crippen molar-refractivity contribution in [1.29, 1.82) is 0 Å². The Morgan fingerprint density at radius 3 is 2.55 bits per heavy atom. The molecule has 1 aliphatic rings. The topological polar surface area (TPSA) is 102 Å². The number of benzene rings is 1. The maximum Gasteiger partial charge on any atom is 0.242 e. The third-order valence-corrected chi connectivity index (χ3v) is 5.57. The molecule has 2 atom stereocenters. The number of methoxy groups -OCH3 is 1. The van der Waals surface area contributed by atoms with Gasteiger partial charge >= 0.3 is 0 Å². The Morgan fingerprint density at radius 2 is 2.10 bits per heavy atom. The molecule has 4 N–H and O–H groups in total. The molecule has 0 bridgehead atoms. The number of rotatable bonds is 4. The van der Waals surface area contributed by atoms with E-state index in [4.69, 9.17) is 10.5 Å². The van der Waals surface area contributed by atoms with Gasteiger partial charge in [0.25, 0.3) is 0 Å². The van der Waals surface area contributed by atoms with Gasteiger partial charge in [-0.3, -0.25) is 0 Å². The summed E-state index contributed by atoms with van der Waals surface area (Å²) in [5.74, 6) is 0.501. The van der Waals surface area contributed by atoms with Crippen LogP contribution in [0.15, 0.2) is 23.1 Å². The van der Waals surface area contributed by atoms with Crippen LogP contribution in [0.5, 0.6) is 5.75 Å². The molecule has 0 saturated heterocycles. The summed E-state index contributed by atoms with van der Waals surface area (Å²) in [4.78, 5) is 0.0236. The fraction of sp³-hybridized carbons (Fsp3) is 0.538. The third-order valence-electron chi connectivity index (χ3n) is 4.02. The first kappa shape index (κ1) is 15.1. The van der Waals surface area contributed by atoms with Crippen LogP contribution in [0.3, 0.4) is 0 Å². The molecule has 0 heterocycles. The van der Waals surface area contributed by atoms with Crippen molar-refractivity contribution >= 4 is 15.7 Å². The predicted molar refractivity (Wildman–Crippen MR) is 75.9 cm³/mol. The van der Waals surface area contributed by atoms with Gasteiger partial charge in [0.05, 0.1) is 18.9 Å². The molecule has 6 nitrogen and oxygen atoms in total.